The molecule has 0 N–H and O–H groups in total. The first-order valence-corrected chi connectivity index (χ1v) is 8.54. The molecule has 1 aromatic heterocycles. The Morgan fingerprint density at radius 1 is 1.29 bits per heavy atom. The summed E-state index contributed by atoms with van der Waals surface area (Å²) in [5, 5.41) is 2.82. The molecule has 0 spiro atoms. The molecule has 8 heteroatoms. The number of ether oxygens (including phenoxy) is 2. The monoisotopic (exact) mass is 385 g/mol. The van der Waals surface area contributed by atoms with Gasteiger partial charge in [-0.3, -0.25) is 0 Å². The van der Waals surface area contributed by atoms with Gasteiger partial charge in [0.2, 0.25) is 5.01 Å². The van der Waals surface area contributed by atoms with Crippen molar-refractivity contribution >= 4 is 52.6 Å². The largest absolute Gasteiger partial charge is 0.461 e. The van der Waals surface area contributed by atoms with Crippen LogP contribution in [-0.2, 0) is 20.9 Å². The summed E-state index contributed by atoms with van der Waals surface area (Å²) in [7, 11) is 0. The highest BCUT2D eigenvalue weighted by Crippen LogP contribution is 2.22. The molecule has 0 aliphatic heterocycles. The third kappa shape index (κ3) is 5.33. The van der Waals surface area contributed by atoms with Crippen molar-refractivity contribution in [2.24, 2.45) is 0 Å². The lowest BCUT2D eigenvalue weighted by molar-refractivity contribution is -0.139. The fraction of sp³-hybridized carbons (Fsp3) is 0.188. The number of nitrogens with zero attached hydrogens (tertiary/aromatic N) is 1. The number of benzene rings is 1. The van der Waals surface area contributed by atoms with Crippen molar-refractivity contribution in [1.29, 1.82) is 0 Å². The maximum absolute atomic E-state index is 11.7. The summed E-state index contributed by atoms with van der Waals surface area (Å²) in [6.07, 6.45) is 2.79. The van der Waals surface area contributed by atoms with Crippen molar-refractivity contribution in [3.05, 3.63) is 56.0 Å². The normalized spacial score (nSPS) is 10.8. The third-order valence-corrected chi connectivity index (χ3v) is 4.16. The summed E-state index contributed by atoms with van der Waals surface area (Å²) >= 11 is 12.9. The summed E-state index contributed by atoms with van der Waals surface area (Å²) in [6, 6.07) is 4.95. The van der Waals surface area contributed by atoms with Crippen LogP contribution in [0.3, 0.4) is 0 Å². The van der Waals surface area contributed by atoms with Crippen molar-refractivity contribution in [3.8, 4) is 0 Å². The van der Waals surface area contributed by atoms with Gasteiger partial charge < -0.3 is 9.47 Å². The summed E-state index contributed by atoms with van der Waals surface area (Å²) in [5.41, 5.74) is 1.13. The number of aromatic nitrogens is 1. The van der Waals surface area contributed by atoms with Gasteiger partial charge in [-0.15, -0.1) is 11.3 Å². The van der Waals surface area contributed by atoms with E-state index in [9.17, 15) is 9.59 Å². The molecule has 5 nitrogen and oxygen atoms in total. The van der Waals surface area contributed by atoms with Crippen LogP contribution in [-0.4, -0.2) is 23.5 Å². The van der Waals surface area contributed by atoms with E-state index in [2.05, 4.69) is 4.98 Å². The van der Waals surface area contributed by atoms with Gasteiger partial charge in [0.15, 0.2) is 0 Å². The summed E-state index contributed by atoms with van der Waals surface area (Å²) in [5.74, 6) is -1.04. The molecule has 0 aliphatic carbocycles. The predicted molar refractivity (Wildman–Crippen MR) is 93.4 cm³/mol. The molecule has 2 aromatic rings. The second kappa shape index (κ2) is 8.82. The molecule has 0 aliphatic rings. The lowest BCUT2D eigenvalue weighted by atomic mass is 10.2. The zero-order valence-corrected chi connectivity index (χ0v) is 15.0. The lowest BCUT2D eigenvalue weighted by Gasteiger charge is -2.00. The van der Waals surface area contributed by atoms with Crippen LogP contribution in [0.25, 0.3) is 6.08 Å². The zero-order chi connectivity index (χ0) is 17.5. The minimum absolute atomic E-state index is 0.0343. The van der Waals surface area contributed by atoms with Crippen LogP contribution >= 0.6 is 34.5 Å². The molecule has 2 rings (SSSR count). The quantitative estimate of drug-likeness (QED) is 0.545. The van der Waals surface area contributed by atoms with Gasteiger partial charge in [0.05, 0.1) is 12.3 Å². The van der Waals surface area contributed by atoms with Crippen molar-refractivity contribution in [1.82, 2.24) is 4.98 Å². The number of hydrogen-bond acceptors (Lipinski definition) is 6. The standard InChI is InChI=1S/C16H13Cl2NO4S/c1-2-22-16(21)15-19-12(9-24-15)8-23-14(20)6-4-10-3-5-11(17)7-13(10)18/h3-7,9H,2,8H2,1H3. The fourth-order valence-corrected chi connectivity index (χ4v) is 2.81. The molecule has 0 bridgehead atoms. The Labute approximate surface area is 152 Å². The van der Waals surface area contributed by atoms with Gasteiger partial charge >= 0.3 is 11.9 Å². The third-order valence-electron chi connectivity index (χ3n) is 2.73. The minimum Gasteiger partial charge on any atom is -0.461 e. The molecule has 0 unspecified atom stereocenters. The number of halogens is 2. The molecule has 0 saturated heterocycles. The lowest BCUT2D eigenvalue weighted by Crippen LogP contribution is -2.05. The molecular weight excluding hydrogens is 373 g/mol. The summed E-state index contributed by atoms with van der Waals surface area (Å²) < 4.78 is 9.91. The smallest absolute Gasteiger partial charge is 0.367 e. The van der Waals surface area contributed by atoms with Crippen LogP contribution < -0.4 is 0 Å². The highest BCUT2D eigenvalue weighted by Gasteiger charge is 2.12. The molecule has 0 saturated carbocycles. The zero-order valence-electron chi connectivity index (χ0n) is 12.6. The van der Waals surface area contributed by atoms with Crippen LogP contribution in [0.15, 0.2) is 29.7 Å². The van der Waals surface area contributed by atoms with E-state index < -0.39 is 11.9 Å². The van der Waals surface area contributed by atoms with Crippen LogP contribution in [0.1, 0.15) is 28.0 Å². The van der Waals surface area contributed by atoms with E-state index in [4.69, 9.17) is 32.7 Å². The molecule has 0 radical (unpaired) electrons. The Hall–Kier alpha value is -1.89. The molecule has 126 valence electrons. The minimum atomic E-state index is -0.549. The summed E-state index contributed by atoms with van der Waals surface area (Å²) in [6.45, 7) is 1.96. The molecule has 0 amide bonds. The van der Waals surface area contributed by atoms with Gasteiger partial charge in [-0.2, -0.15) is 0 Å². The van der Waals surface area contributed by atoms with E-state index >= 15 is 0 Å². The average Bonchev–Trinajstić information content (AvgIpc) is 3.01. The SMILES string of the molecule is CCOC(=O)c1nc(COC(=O)C=Cc2ccc(Cl)cc2Cl)cs1. The van der Waals surface area contributed by atoms with E-state index in [1.54, 1.807) is 30.5 Å². The van der Waals surface area contributed by atoms with Gasteiger partial charge in [0, 0.05) is 21.5 Å². The van der Waals surface area contributed by atoms with Crippen molar-refractivity contribution in [3.63, 3.8) is 0 Å². The van der Waals surface area contributed by atoms with E-state index in [0.29, 0.717) is 21.3 Å². The van der Waals surface area contributed by atoms with Gasteiger partial charge in [0.1, 0.15) is 6.61 Å². The highest BCUT2D eigenvalue weighted by atomic mass is 35.5. The van der Waals surface area contributed by atoms with E-state index in [0.717, 1.165) is 11.3 Å². The molecule has 1 aromatic carbocycles. The number of rotatable bonds is 6. The number of hydrogen-bond donors (Lipinski definition) is 0. The first-order valence-electron chi connectivity index (χ1n) is 6.91. The first-order chi connectivity index (χ1) is 11.5. The number of esters is 2. The number of carbonyl (C=O) groups is 2. The second-order valence-electron chi connectivity index (χ2n) is 4.47. The van der Waals surface area contributed by atoms with Crippen LogP contribution in [0, 0.1) is 0 Å². The first kappa shape index (κ1) is 18.4. The van der Waals surface area contributed by atoms with Gasteiger partial charge in [-0.1, -0.05) is 29.3 Å². The fourth-order valence-electron chi connectivity index (χ4n) is 1.65. The van der Waals surface area contributed by atoms with Crippen molar-refractivity contribution in [2.45, 2.75) is 13.5 Å². The predicted octanol–water partition coefficient (Wildman–Crippen LogP) is 4.38. The topological polar surface area (TPSA) is 65.5 Å². The van der Waals surface area contributed by atoms with Crippen LogP contribution in [0.2, 0.25) is 10.0 Å². The molecule has 0 atom stereocenters. The van der Waals surface area contributed by atoms with Gasteiger partial charge in [-0.05, 0) is 30.7 Å². The van der Waals surface area contributed by atoms with Crippen molar-refractivity contribution < 1.29 is 19.1 Å². The molecule has 1 heterocycles. The van der Waals surface area contributed by atoms with E-state index in [1.165, 1.54) is 12.2 Å². The summed E-state index contributed by atoms with van der Waals surface area (Å²) in [4.78, 5) is 27.3. The van der Waals surface area contributed by atoms with Gasteiger partial charge in [0.25, 0.3) is 0 Å². The average molecular weight is 386 g/mol. The van der Waals surface area contributed by atoms with E-state index in [1.807, 2.05) is 0 Å². The van der Waals surface area contributed by atoms with Crippen LogP contribution in [0.4, 0.5) is 0 Å². The van der Waals surface area contributed by atoms with E-state index in [-0.39, 0.29) is 18.2 Å². The Bertz CT molecular complexity index is 773. The number of carbonyl (C=O) groups excluding carboxylic acids is 2. The highest BCUT2D eigenvalue weighted by molar-refractivity contribution is 7.11. The van der Waals surface area contributed by atoms with Gasteiger partial charge in [-0.25, -0.2) is 14.6 Å². The Balaban J connectivity index is 1.89. The Morgan fingerprint density at radius 3 is 2.79 bits per heavy atom. The Kier molecular flexibility index (Phi) is 6.78. The van der Waals surface area contributed by atoms with Crippen molar-refractivity contribution in [2.75, 3.05) is 6.61 Å². The number of thiazole rings is 1. The maximum atomic E-state index is 11.7. The maximum Gasteiger partial charge on any atom is 0.367 e. The second-order valence-corrected chi connectivity index (χ2v) is 6.17. The van der Waals surface area contributed by atoms with Crippen LogP contribution in [0.5, 0.6) is 0 Å². The molecular formula is C16H13Cl2NO4S. The molecule has 24 heavy (non-hydrogen) atoms. The molecule has 0 fully saturated rings. The Morgan fingerprint density at radius 2 is 2.08 bits per heavy atom.